The van der Waals surface area contributed by atoms with Crippen molar-refractivity contribution >= 4 is 17.3 Å². The second-order valence-electron chi connectivity index (χ2n) is 10.7. The number of nitrogen functional groups attached to an aromatic ring is 1. The number of rotatable bonds is 10. The summed E-state index contributed by atoms with van der Waals surface area (Å²) >= 11 is 0. The summed E-state index contributed by atoms with van der Waals surface area (Å²) in [6, 6.07) is 19.7. The van der Waals surface area contributed by atoms with E-state index >= 15 is 0 Å². The van der Waals surface area contributed by atoms with E-state index in [2.05, 4.69) is 15.5 Å². The highest BCUT2D eigenvalue weighted by atomic mass is 19.2. The molecule has 1 saturated carbocycles. The van der Waals surface area contributed by atoms with Gasteiger partial charge in [0.25, 0.3) is 5.91 Å². The Morgan fingerprint density at radius 2 is 1.74 bits per heavy atom. The minimum Gasteiger partial charge on any atom is -0.397 e. The van der Waals surface area contributed by atoms with Crippen molar-refractivity contribution in [1.29, 1.82) is 0 Å². The van der Waals surface area contributed by atoms with Crippen LogP contribution in [0.3, 0.4) is 0 Å². The molecule has 5 nitrogen and oxygen atoms in total. The molecule has 0 spiro atoms. The van der Waals surface area contributed by atoms with Crippen LogP contribution in [-0.4, -0.2) is 43.0 Å². The zero-order chi connectivity index (χ0) is 26.5. The van der Waals surface area contributed by atoms with E-state index in [1.165, 1.54) is 30.5 Å². The summed E-state index contributed by atoms with van der Waals surface area (Å²) in [5.74, 6) is -0.722. The van der Waals surface area contributed by atoms with E-state index in [0.29, 0.717) is 34.8 Å². The molecule has 1 saturated heterocycles. The van der Waals surface area contributed by atoms with Crippen LogP contribution in [0.5, 0.6) is 0 Å². The van der Waals surface area contributed by atoms with Crippen LogP contribution in [0.15, 0.2) is 66.7 Å². The lowest BCUT2D eigenvalue weighted by atomic mass is 9.96. The first-order chi connectivity index (χ1) is 18.5. The SMILES string of the molecule is Nc1ccccc1NC(=O)c1ccc(CCCN2CCC(CNC3CC3c3ccc(F)c(F)c3)CC2)cc1. The number of nitrogens with zero attached hydrogens (tertiary/aromatic N) is 1. The standard InChI is InChI=1S/C31H36F2N4O/c32-26-12-11-24(18-27(26)33)25-19-30(25)35-20-22-13-16-37(17-14-22)15-3-4-21-7-9-23(10-8-21)31(38)36-29-6-2-1-5-28(29)34/h1-2,5-12,18,22,25,30,35H,3-4,13-17,19-20,34H2,(H,36,38). The molecule has 1 amide bonds. The van der Waals surface area contributed by atoms with Crippen LogP contribution in [0.25, 0.3) is 0 Å². The largest absolute Gasteiger partial charge is 0.397 e. The Hall–Kier alpha value is -3.29. The van der Waals surface area contributed by atoms with E-state index in [1.54, 1.807) is 18.2 Å². The van der Waals surface area contributed by atoms with Gasteiger partial charge in [-0.1, -0.05) is 30.3 Å². The molecule has 2 atom stereocenters. The van der Waals surface area contributed by atoms with Crippen LogP contribution in [0.1, 0.15) is 53.1 Å². The molecule has 0 radical (unpaired) electrons. The number of nitrogens with one attached hydrogen (secondary N) is 2. The fraction of sp³-hybridized carbons (Fsp3) is 0.387. The number of amides is 1. The third-order valence-corrected chi connectivity index (χ3v) is 7.90. The Morgan fingerprint density at radius 3 is 2.47 bits per heavy atom. The zero-order valence-corrected chi connectivity index (χ0v) is 21.6. The summed E-state index contributed by atoms with van der Waals surface area (Å²) in [4.78, 5) is 15.1. The Kier molecular flexibility index (Phi) is 8.35. The monoisotopic (exact) mass is 518 g/mol. The van der Waals surface area contributed by atoms with Crippen LogP contribution in [0.4, 0.5) is 20.2 Å². The van der Waals surface area contributed by atoms with Crippen molar-refractivity contribution in [3.05, 3.63) is 95.1 Å². The van der Waals surface area contributed by atoms with Gasteiger partial charge in [0.1, 0.15) is 0 Å². The summed E-state index contributed by atoms with van der Waals surface area (Å²) < 4.78 is 26.7. The number of nitrogens with two attached hydrogens (primary N) is 1. The molecule has 4 N–H and O–H groups in total. The normalized spacial score (nSPS) is 19.8. The maximum atomic E-state index is 13.5. The number of carbonyl (C=O) groups excluding carboxylic acids is 1. The fourth-order valence-electron chi connectivity index (χ4n) is 5.40. The van der Waals surface area contributed by atoms with Crippen LogP contribution < -0.4 is 16.4 Å². The number of aryl methyl sites for hydroxylation is 1. The number of halogens is 2. The van der Waals surface area contributed by atoms with Gasteiger partial charge in [0, 0.05) is 17.5 Å². The van der Waals surface area contributed by atoms with E-state index in [1.807, 2.05) is 36.4 Å². The van der Waals surface area contributed by atoms with Crippen molar-refractivity contribution in [2.75, 3.05) is 37.2 Å². The average molecular weight is 519 g/mol. The number of carbonyl (C=O) groups is 1. The number of piperidine rings is 1. The van der Waals surface area contributed by atoms with Crippen LogP contribution in [0, 0.1) is 17.6 Å². The van der Waals surface area contributed by atoms with Gasteiger partial charge in [-0.25, -0.2) is 8.78 Å². The first kappa shape index (κ1) is 26.3. The van der Waals surface area contributed by atoms with Gasteiger partial charge < -0.3 is 21.3 Å². The van der Waals surface area contributed by atoms with Crippen LogP contribution in [0.2, 0.25) is 0 Å². The van der Waals surface area contributed by atoms with E-state index in [0.717, 1.165) is 51.0 Å². The quantitative estimate of drug-likeness (QED) is 0.306. The van der Waals surface area contributed by atoms with E-state index < -0.39 is 11.6 Å². The lowest BCUT2D eigenvalue weighted by Crippen LogP contribution is -2.38. The van der Waals surface area contributed by atoms with Crippen molar-refractivity contribution in [1.82, 2.24) is 10.2 Å². The molecule has 0 bridgehead atoms. The molecular weight excluding hydrogens is 482 g/mol. The highest BCUT2D eigenvalue weighted by Gasteiger charge is 2.38. The second-order valence-corrected chi connectivity index (χ2v) is 10.7. The molecule has 0 aromatic heterocycles. The van der Waals surface area contributed by atoms with Crippen LogP contribution in [-0.2, 0) is 6.42 Å². The second kappa shape index (κ2) is 12.0. The first-order valence-electron chi connectivity index (χ1n) is 13.6. The molecule has 2 fully saturated rings. The number of anilines is 2. The average Bonchev–Trinajstić information content (AvgIpc) is 3.71. The minimum absolute atomic E-state index is 0.159. The van der Waals surface area contributed by atoms with Gasteiger partial charge in [0.15, 0.2) is 11.6 Å². The molecule has 2 aliphatic rings. The molecular formula is C31H36F2N4O. The van der Waals surface area contributed by atoms with Gasteiger partial charge >= 0.3 is 0 Å². The van der Waals surface area contributed by atoms with Gasteiger partial charge in [-0.05, 0) is 112 Å². The van der Waals surface area contributed by atoms with Crippen molar-refractivity contribution in [3.8, 4) is 0 Å². The van der Waals surface area contributed by atoms with Crippen molar-refractivity contribution < 1.29 is 13.6 Å². The zero-order valence-electron chi connectivity index (χ0n) is 21.6. The molecule has 1 aliphatic carbocycles. The molecule has 38 heavy (non-hydrogen) atoms. The number of benzene rings is 3. The maximum absolute atomic E-state index is 13.5. The summed E-state index contributed by atoms with van der Waals surface area (Å²) in [6.07, 6.45) is 5.45. The number of hydrogen-bond acceptors (Lipinski definition) is 4. The van der Waals surface area contributed by atoms with E-state index in [9.17, 15) is 13.6 Å². The Bertz CT molecular complexity index is 1240. The smallest absolute Gasteiger partial charge is 0.255 e. The molecule has 1 heterocycles. The molecule has 2 unspecified atom stereocenters. The molecule has 200 valence electrons. The highest BCUT2D eigenvalue weighted by Crippen LogP contribution is 2.41. The van der Waals surface area contributed by atoms with E-state index in [4.69, 9.17) is 5.73 Å². The lowest BCUT2D eigenvalue weighted by molar-refractivity contribution is 0.102. The molecule has 7 heteroatoms. The lowest BCUT2D eigenvalue weighted by Gasteiger charge is -2.32. The van der Waals surface area contributed by atoms with Gasteiger partial charge in [-0.2, -0.15) is 0 Å². The van der Waals surface area contributed by atoms with Crippen molar-refractivity contribution in [3.63, 3.8) is 0 Å². The van der Waals surface area contributed by atoms with Gasteiger partial charge in [0.2, 0.25) is 0 Å². The van der Waals surface area contributed by atoms with Gasteiger partial charge in [-0.3, -0.25) is 4.79 Å². The number of hydrogen-bond donors (Lipinski definition) is 3. The fourth-order valence-corrected chi connectivity index (χ4v) is 5.40. The Morgan fingerprint density at radius 1 is 0.974 bits per heavy atom. The van der Waals surface area contributed by atoms with Crippen molar-refractivity contribution in [2.24, 2.45) is 5.92 Å². The predicted octanol–water partition coefficient (Wildman–Crippen LogP) is 5.59. The van der Waals surface area contributed by atoms with Crippen LogP contribution >= 0.6 is 0 Å². The molecule has 1 aliphatic heterocycles. The minimum atomic E-state index is -0.779. The highest BCUT2D eigenvalue weighted by molar-refractivity contribution is 6.05. The third kappa shape index (κ3) is 6.77. The molecule has 3 aromatic carbocycles. The summed E-state index contributed by atoms with van der Waals surface area (Å²) in [5, 5.41) is 6.51. The maximum Gasteiger partial charge on any atom is 0.255 e. The number of para-hydroxylation sites is 2. The third-order valence-electron chi connectivity index (χ3n) is 7.90. The predicted molar refractivity (Wildman–Crippen MR) is 148 cm³/mol. The molecule has 3 aromatic rings. The Balaban J connectivity index is 0.971. The summed E-state index contributed by atoms with van der Waals surface area (Å²) in [6.45, 7) is 4.31. The topological polar surface area (TPSA) is 70.4 Å². The first-order valence-corrected chi connectivity index (χ1v) is 13.6. The Labute approximate surface area is 223 Å². The molecule has 5 rings (SSSR count). The summed E-state index contributed by atoms with van der Waals surface area (Å²) in [7, 11) is 0. The van der Waals surface area contributed by atoms with Crippen molar-refractivity contribution in [2.45, 2.75) is 44.1 Å². The number of likely N-dealkylation sites (tertiary alicyclic amines) is 1. The summed E-state index contributed by atoms with van der Waals surface area (Å²) in [5.41, 5.74) is 9.84. The van der Waals surface area contributed by atoms with Gasteiger partial charge in [0.05, 0.1) is 11.4 Å². The van der Waals surface area contributed by atoms with E-state index in [-0.39, 0.29) is 5.91 Å². The van der Waals surface area contributed by atoms with Gasteiger partial charge in [-0.15, -0.1) is 0 Å².